The van der Waals surface area contributed by atoms with Gasteiger partial charge in [0.25, 0.3) is 0 Å². The first-order chi connectivity index (χ1) is 18.1. The molecule has 5 nitrogen and oxygen atoms in total. The Labute approximate surface area is 229 Å². The van der Waals surface area contributed by atoms with Crippen LogP contribution in [0.4, 0.5) is 0 Å². The lowest BCUT2D eigenvalue weighted by molar-refractivity contribution is 0.169. The number of nitrogens with one attached hydrogen (secondary N) is 1. The summed E-state index contributed by atoms with van der Waals surface area (Å²) in [6.45, 7) is 13.0. The second-order valence-corrected chi connectivity index (χ2v) is 13.2. The van der Waals surface area contributed by atoms with Crippen LogP contribution < -0.4 is 14.8 Å². The monoisotopic (exact) mass is 537 g/mol. The molecule has 38 heavy (non-hydrogen) atoms. The Morgan fingerprint density at radius 2 is 1.53 bits per heavy atom. The number of benzene rings is 3. The van der Waals surface area contributed by atoms with Crippen molar-refractivity contribution in [2.24, 2.45) is 0 Å². The summed E-state index contributed by atoms with van der Waals surface area (Å²) in [6, 6.07) is 18.8. The third kappa shape index (κ3) is 7.96. The maximum absolute atomic E-state index is 13.2. The molecule has 0 heterocycles. The van der Waals surface area contributed by atoms with Gasteiger partial charge in [-0.15, -0.1) is 0 Å². The Hall–Kier alpha value is -2.59. The molecule has 0 aliphatic carbocycles. The van der Waals surface area contributed by atoms with Crippen molar-refractivity contribution in [3.63, 3.8) is 0 Å². The zero-order chi connectivity index (χ0) is 27.9. The van der Waals surface area contributed by atoms with Gasteiger partial charge in [0.05, 0.1) is 14.2 Å². The van der Waals surface area contributed by atoms with Gasteiger partial charge in [0.2, 0.25) is 7.37 Å². The van der Waals surface area contributed by atoms with Crippen LogP contribution in [-0.4, -0.2) is 27.0 Å². The minimum absolute atomic E-state index is 0.386. The summed E-state index contributed by atoms with van der Waals surface area (Å²) >= 11 is 0. The normalized spacial score (nSPS) is 13.8. The number of aryl methyl sites for hydroxylation is 2. The molecular formula is C32H44NO4P. The van der Waals surface area contributed by atoms with Crippen LogP contribution in [0.15, 0.2) is 54.6 Å². The smallest absolute Gasteiger partial charge is 0.201 e. The highest BCUT2D eigenvalue weighted by molar-refractivity contribution is 7.58. The zero-order valence-corrected chi connectivity index (χ0v) is 25.2. The Balaban J connectivity index is 1.89. The molecule has 2 atom stereocenters. The van der Waals surface area contributed by atoms with E-state index >= 15 is 0 Å². The third-order valence-corrected chi connectivity index (χ3v) is 8.84. The average Bonchev–Trinajstić information content (AvgIpc) is 2.88. The molecule has 3 aromatic rings. The Morgan fingerprint density at radius 3 is 2.08 bits per heavy atom. The fraction of sp³-hybridized carbons (Fsp3) is 0.438. The predicted octanol–water partition coefficient (Wildman–Crippen LogP) is 8.16. The van der Waals surface area contributed by atoms with E-state index in [4.69, 9.17) is 14.0 Å². The Bertz CT molecular complexity index is 1230. The van der Waals surface area contributed by atoms with E-state index in [1.54, 1.807) is 20.9 Å². The lowest BCUT2D eigenvalue weighted by atomic mass is 9.91. The molecule has 0 aliphatic heterocycles. The van der Waals surface area contributed by atoms with E-state index in [0.29, 0.717) is 18.6 Å². The van der Waals surface area contributed by atoms with E-state index in [2.05, 4.69) is 63.3 Å². The van der Waals surface area contributed by atoms with Crippen molar-refractivity contribution in [3.8, 4) is 11.5 Å². The Morgan fingerprint density at radius 1 is 0.895 bits per heavy atom. The first-order valence-corrected chi connectivity index (χ1v) is 15.7. The average molecular weight is 538 g/mol. The van der Waals surface area contributed by atoms with E-state index < -0.39 is 13.6 Å². The first kappa shape index (κ1) is 30.0. The number of rotatable bonds is 13. The molecule has 0 saturated heterocycles. The fourth-order valence-corrected chi connectivity index (χ4v) is 6.42. The molecule has 3 aromatic carbocycles. The summed E-state index contributed by atoms with van der Waals surface area (Å²) in [6.07, 6.45) is 1.74. The van der Waals surface area contributed by atoms with Gasteiger partial charge >= 0.3 is 0 Å². The van der Waals surface area contributed by atoms with Crippen LogP contribution in [0.3, 0.4) is 0 Å². The minimum Gasteiger partial charge on any atom is -0.497 e. The third-order valence-electron chi connectivity index (χ3n) is 6.93. The molecule has 0 aromatic heterocycles. The molecule has 2 unspecified atom stereocenters. The molecule has 0 fully saturated rings. The first-order valence-electron chi connectivity index (χ1n) is 13.4. The number of hydrogen-bond acceptors (Lipinski definition) is 5. The van der Waals surface area contributed by atoms with E-state index in [9.17, 15) is 4.57 Å². The molecule has 3 rings (SSSR count). The van der Waals surface area contributed by atoms with Crippen molar-refractivity contribution in [1.82, 2.24) is 5.32 Å². The van der Waals surface area contributed by atoms with Gasteiger partial charge < -0.3 is 14.0 Å². The summed E-state index contributed by atoms with van der Waals surface area (Å²) < 4.78 is 30.3. The van der Waals surface area contributed by atoms with Gasteiger partial charge in [-0.1, -0.05) is 57.2 Å². The topological polar surface area (TPSA) is 56.8 Å². The van der Waals surface area contributed by atoms with E-state index in [0.717, 1.165) is 35.5 Å². The van der Waals surface area contributed by atoms with Crippen molar-refractivity contribution >= 4 is 7.37 Å². The summed E-state index contributed by atoms with van der Waals surface area (Å²) in [5.74, 6) is 2.14. The van der Waals surface area contributed by atoms with Crippen LogP contribution in [0.5, 0.6) is 11.5 Å². The molecule has 0 amide bonds. The summed E-state index contributed by atoms with van der Waals surface area (Å²) in [5.41, 5.74) is 8.28. The van der Waals surface area contributed by atoms with Crippen LogP contribution in [0.1, 0.15) is 78.3 Å². The fourth-order valence-electron chi connectivity index (χ4n) is 4.86. The molecule has 1 N–H and O–H groups in total. The van der Waals surface area contributed by atoms with Gasteiger partial charge in [-0.2, -0.15) is 0 Å². The van der Waals surface area contributed by atoms with Gasteiger partial charge in [0.1, 0.15) is 17.7 Å². The van der Waals surface area contributed by atoms with Gasteiger partial charge in [-0.25, -0.2) is 0 Å². The molecular weight excluding hydrogens is 493 g/mol. The van der Waals surface area contributed by atoms with Crippen molar-refractivity contribution in [2.45, 2.75) is 66.2 Å². The van der Waals surface area contributed by atoms with Crippen LogP contribution in [0.25, 0.3) is 0 Å². The maximum atomic E-state index is 13.2. The van der Waals surface area contributed by atoms with E-state index in [1.807, 2.05) is 31.2 Å². The zero-order valence-electron chi connectivity index (χ0n) is 24.3. The Kier molecular flexibility index (Phi) is 10.6. The summed E-state index contributed by atoms with van der Waals surface area (Å²) in [7, 11) is 0.627. The van der Waals surface area contributed by atoms with Gasteiger partial charge in [0.15, 0.2) is 0 Å². The van der Waals surface area contributed by atoms with Crippen molar-refractivity contribution in [3.05, 3.63) is 93.5 Å². The minimum atomic E-state index is -2.76. The quantitative estimate of drug-likeness (QED) is 0.176. The maximum Gasteiger partial charge on any atom is 0.201 e. The lowest BCUT2D eigenvalue weighted by Crippen LogP contribution is -2.23. The molecule has 0 radical (unpaired) electrons. The van der Waals surface area contributed by atoms with E-state index in [1.165, 1.54) is 27.8 Å². The van der Waals surface area contributed by atoms with Crippen LogP contribution in [0, 0.1) is 13.8 Å². The van der Waals surface area contributed by atoms with Gasteiger partial charge in [0, 0.05) is 19.4 Å². The lowest BCUT2D eigenvalue weighted by Gasteiger charge is -2.25. The van der Waals surface area contributed by atoms with E-state index in [-0.39, 0.29) is 0 Å². The van der Waals surface area contributed by atoms with Crippen LogP contribution >= 0.6 is 7.37 Å². The van der Waals surface area contributed by atoms with Crippen molar-refractivity contribution < 1.29 is 18.6 Å². The second-order valence-electron chi connectivity index (χ2n) is 10.5. The van der Waals surface area contributed by atoms with Crippen molar-refractivity contribution in [1.29, 1.82) is 0 Å². The molecule has 0 spiro atoms. The highest BCUT2D eigenvalue weighted by Gasteiger charge is 2.24. The van der Waals surface area contributed by atoms with Crippen molar-refractivity contribution in [2.75, 3.05) is 27.0 Å². The summed E-state index contributed by atoms with van der Waals surface area (Å²) in [5, 5.41) is 3.51. The molecule has 206 valence electrons. The second kappa shape index (κ2) is 13.5. The van der Waals surface area contributed by atoms with Crippen LogP contribution in [0.2, 0.25) is 0 Å². The number of hydrogen-bond donors (Lipinski definition) is 1. The van der Waals surface area contributed by atoms with Crippen LogP contribution in [-0.2, 0) is 22.1 Å². The highest BCUT2D eigenvalue weighted by Crippen LogP contribution is 2.47. The molecule has 0 aliphatic rings. The van der Waals surface area contributed by atoms with Gasteiger partial charge in [-0.3, -0.25) is 9.88 Å². The molecule has 6 heteroatoms. The van der Waals surface area contributed by atoms with Gasteiger partial charge in [-0.05, 0) is 89.8 Å². The molecule has 0 saturated carbocycles. The standard InChI is InChI=1S/C32H44NO4P/c1-9-16-38(8,34)37-32(33-21-25-10-13-28(35-6)14-11-25)27-17-23(4)30(24(5)18-27)20-26-12-15-31(36-7)29(19-26)22(2)3/h10-15,17-19,22,32-33H,9,16,20-21H2,1-8H3. The number of ether oxygens (including phenoxy) is 2. The number of methoxy groups -OCH3 is 2. The SMILES string of the molecule is CCCP(C)(=O)OC(NCc1ccc(OC)cc1)c1cc(C)c(Cc2ccc(OC)c(C(C)C)c2)c(C)c1. The highest BCUT2D eigenvalue weighted by atomic mass is 31.2. The largest absolute Gasteiger partial charge is 0.497 e. The summed E-state index contributed by atoms with van der Waals surface area (Å²) in [4.78, 5) is 0. The molecule has 0 bridgehead atoms. The predicted molar refractivity (Wildman–Crippen MR) is 158 cm³/mol.